The lowest BCUT2D eigenvalue weighted by Crippen LogP contribution is -2.29. The zero-order chi connectivity index (χ0) is 20.7. The predicted octanol–water partition coefficient (Wildman–Crippen LogP) is 4.50. The highest BCUT2D eigenvalue weighted by molar-refractivity contribution is 5.92. The van der Waals surface area contributed by atoms with E-state index in [1.165, 1.54) is 49.1 Å². The van der Waals surface area contributed by atoms with Crippen LogP contribution in [0.5, 0.6) is 5.75 Å². The van der Waals surface area contributed by atoms with Crippen molar-refractivity contribution < 1.29 is 17.9 Å². The van der Waals surface area contributed by atoms with Crippen LogP contribution in [0.3, 0.4) is 0 Å². The van der Waals surface area contributed by atoms with Crippen molar-refractivity contribution in [1.29, 1.82) is 0 Å². The van der Waals surface area contributed by atoms with Gasteiger partial charge in [0, 0.05) is 12.2 Å². The Balaban J connectivity index is 1.58. The molecule has 1 aliphatic rings. The summed E-state index contributed by atoms with van der Waals surface area (Å²) in [6.07, 6.45) is -0.932. The van der Waals surface area contributed by atoms with Gasteiger partial charge < -0.3 is 15.8 Å². The van der Waals surface area contributed by atoms with Crippen LogP contribution < -0.4 is 15.8 Å². The minimum atomic E-state index is -4.71. The summed E-state index contributed by atoms with van der Waals surface area (Å²) in [5.74, 6) is -0.0903. The van der Waals surface area contributed by atoms with E-state index in [-0.39, 0.29) is 11.7 Å². The van der Waals surface area contributed by atoms with Crippen molar-refractivity contribution in [2.24, 2.45) is 10.7 Å². The Hall–Kier alpha value is -2.74. The smallest absolute Gasteiger partial charge is 0.406 e. The highest BCUT2D eigenvalue weighted by Crippen LogP contribution is 2.24. The summed E-state index contributed by atoms with van der Waals surface area (Å²) < 4.78 is 40.5. The average molecular weight is 406 g/mol. The van der Waals surface area contributed by atoms with Crippen molar-refractivity contribution in [3.63, 3.8) is 0 Å². The van der Waals surface area contributed by atoms with Crippen LogP contribution in [0, 0.1) is 0 Å². The van der Waals surface area contributed by atoms with Crippen molar-refractivity contribution in [2.75, 3.05) is 18.4 Å². The first-order valence-electron chi connectivity index (χ1n) is 9.61. The van der Waals surface area contributed by atoms with Crippen LogP contribution in [0.25, 0.3) is 0 Å². The molecule has 2 aromatic carbocycles. The topological polar surface area (TPSA) is 62.9 Å². The normalized spacial score (nSPS) is 15.9. The SMILES string of the molecule is NC(=NCc1ccccc1CN1CCCCC1)Nc1ccc(OC(F)(F)F)cc1. The van der Waals surface area contributed by atoms with Crippen molar-refractivity contribution in [2.45, 2.75) is 38.7 Å². The molecule has 0 aliphatic carbocycles. The molecular formula is C21H25F3N4O. The number of likely N-dealkylation sites (tertiary alicyclic amines) is 1. The van der Waals surface area contributed by atoms with Crippen LogP contribution >= 0.6 is 0 Å². The van der Waals surface area contributed by atoms with E-state index in [2.05, 4.69) is 26.0 Å². The van der Waals surface area contributed by atoms with E-state index >= 15 is 0 Å². The van der Waals surface area contributed by atoms with Crippen LogP contribution in [0.15, 0.2) is 53.5 Å². The number of hydrogen-bond acceptors (Lipinski definition) is 3. The molecule has 1 aliphatic heterocycles. The Labute approximate surface area is 168 Å². The summed E-state index contributed by atoms with van der Waals surface area (Å²) in [4.78, 5) is 6.84. The molecule has 1 saturated heterocycles. The molecule has 3 N–H and O–H groups in total. The molecule has 0 radical (unpaired) electrons. The summed E-state index contributed by atoms with van der Waals surface area (Å²) in [7, 11) is 0. The number of rotatable bonds is 6. The number of hydrogen-bond donors (Lipinski definition) is 2. The first-order valence-corrected chi connectivity index (χ1v) is 9.61. The largest absolute Gasteiger partial charge is 0.573 e. The number of aliphatic imine (C=N–C) groups is 1. The third-order valence-corrected chi connectivity index (χ3v) is 4.74. The molecule has 0 unspecified atom stereocenters. The number of piperidine rings is 1. The Kier molecular flexibility index (Phi) is 6.98. The number of halogens is 3. The molecule has 0 amide bonds. The fourth-order valence-electron chi connectivity index (χ4n) is 3.32. The van der Waals surface area contributed by atoms with Crippen LogP contribution in [0.1, 0.15) is 30.4 Å². The number of ether oxygens (including phenoxy) is 1. The van der Waals surface area contributed by atoms with Gasteiger partial charge in [-0.25, -0.2) is 4.99 Å². The second-order valence-electron chi connectivity index (χ2n) is 7.00. The highest BCUT2D eigenvalue weighted by Gasteiger charge is 2.30. The quantitative estimate of drug-likeness (QED) is 0.548. The summed E-state index contributed by atoms with van der Waals surface area (Å²) in [5.41, 5.74) is 8.82. The number of guanidine groups is 1. The summed E-state index contributed by atoms with van der Waals surface area (Å²) in [6, 6.07) is 13.5. The van der Waals surface area contributed by atoms with E-state index in [0.717, 1.165) is 25.2 Å². The minimum Gasteiger partial charge on any atom is -0.406 e. The monoisotopic (exact) mass is 406 g/mol. The zero-order valence-corrected chi connectivity index (χ0v) is 16.1. The Morgan fingerprint density at radius 3 is 2.31 bits per heavy atom. The fraction of sp³-hybridized carbons (Fsp3) is 0.381. The molecule has 156 valence electrons. The molecule has 1 fully saturated rings. The van der Waals surface area contributed by atoms with Gasteiger partial charge in [0.25, 0.3) is 0 Å². The predicted molar refractivity (Wildman–Crippen MR) is 108 cm³/mol. The number of nitrogens with two attached hydrogens (primary N) is 1. The maximum atomic E-state index is 12.2. The number of nitrogens with zero attached hydrogens (tertiary/aromatic N) is 2. The van der Waals surface area contributed by atoms with Crippen LogP contribution in [0.2, 0.25) is 0 Å². The molecule has 1 heterocycles. The van der Waals surface area contributed by atoms with Crippen LogP contribution in [-0.4, -0.2) is 30.3 Å². The van der Waals surface area contributed by atoms with E-state index < -0.39 is 6.36 Å². The van der Waals surface area contributed by atoms with Gasteiger partial charge >= 0.3 is 6.36 Å². The lowest BCUT2D eigenvalue weighted by atomic mass is 10.1. The lowest BCUT2D eigenvalue weighted by Gasteiger charge is -2.27. The van der Waals surface area contributed by atoms with Gasteiger partial charge in [0.05, 0.1) is 6.54 Å². The van der Waals surface area contributed by atoms with Crippen molar-refractivity contribution in [3.05, 3.63) is 59.7 Å². The second-order valence-corrected chi connectivity index (χ2v) is 7.00. The minimum absolute atomic E-state index is 0.197. The van der Waals surface area contributed by atoms with E-state index in [4.69, 9.17) is 5.73 Å². The van der Waals surface area contributed by atoms with Gasteiger partial charge in [-0.15, -0.1) is 13.2 Å². The molecule has 29 heavy (non-hydrogen) atoms. The Bertz CT molecular complexity index is 815. The summed E-state index contributed by atoms with van der Waals surface area (Å²) in [5, 5.41) is 2.88. The van der Waals surface area contributed by atoms with Gasteiger partial charge in [0.1, 0.15) is 5.75 Å². The van der Waals surface area contributed by atoms with Gasteiger partial charge in [0.2, 0.25) is 0 Å². The van der Waals surface area contributed by atoms with Crippen LogP contribution in [-0.2, 0) is 13.1 Å². The average Bonchev–Trinajstić information content (AvgIpc) is 2.68. The Morgan fingerprint density at radius 1 is 1.00 bits per heavy atom. The molecule has 0 aromatic heterocycles. The lowest BCUT2D eigenvalue weighted by molar-refractivity contribution is -0.274. The third kappa shape index (κ3) is 6.98. The van der Waals surface area contributed by atoms with Gasteiger partial charge in [-0.3, -0.25) is 4.90 Å². The number of anilines is 1. The van der Waals surface area contributed by atoms with Crippen LogP contribution in [0.4, 0.5) is 18.9 Å². The molecule has 3 rings (SSSR count). The molecule has 0 saturated carbocycles. The van der Waals surface area contributed by atoms with E-state index in [1.807, 2.05) is 18.2 Å². The fourth-order valence-corrected chi connectivity index (χ4v) is 3.32. The number of alkyl halides is 3. The van der Waals surface area contributed by atoms with E-state index in [1.54, 1.807) is 0 Å². The van der Waals surface area contributed by atoms with E-state index in [9.17, 15) is 13.2 Å². The molecule has 5 nitrogen and oxygen atoms in total. The summed E-state index contributed by atoms with van der Waals surface area (Å²) in [6.45, 7) is 3.57. The van der Waals surface area contributed by atoms with E-state index in [0.29, 0.717) is 12.2 Å². The molecule has 0 atom stereocenters. The molecule has 0 bridgehead atoms. The second kappa shape index (κ2) is 9.65. The van der Waals surface area contributed by atoms with Crippen molar-refractivity contribution in [1.82, 2.24) is 4.90 Å². The summed E-state index contributed by atoms with van der Waals surface area (Å²) >= 11 is 0. The van der Waals surface area contributed by atoms with Crippen molar-refractivity contribution in [3.8, 4) is 5.75 Å². The van der Waals surface area contributed by atoms with Gasteiger partial charge in [-0.1, -0.05) is 30.7 Å². The van der Waals surface area contributed by atoms with Crippen molar-refractivity contribution >= 4 is 11.6 Å². The van der Waals surface area contributed by atoms with Gasteiger partial charge in [-0.2, -0.15) is 0 Å². The molecule has 2 aromatic rings. The first kappa shape index (κ1) is 21.0. The maximum Gasteiger partial charge on any atom is 0.573 e. The molecular weight excluding hydrogens is 381 g/mol. The standard InChI is InChI=1S/C21H25F3N4O/c22-21(23,24)29-19-10-8-18(9-11-19)27-20(25)26-14-16-6-2-3-7-17(16)15-28-12-4-1-5-13-28/h2-3,6-11H,1,4-5,12-15H2,(H3,25,26,27). The number of nitrogens with one attached hydrogen (secondary N) is 1. The maximum absolute atomic E-state index is 12.2. The number of benzene rings is 2. The Morgan fingerprint density at radius 2 is 1.66 bits per heavy atom. The third-order valence-electron chi connectivity index (χ3n) is 4.74. The van der Waals surface area contributed by atoms with Gasteiger partial charge in [0.15, 0.2) is 5.96 Å². The zero-order valence-electron chi connectivity index (χ0n) is 16.1. The highest BCUT2D eigenvalue weighted by atomic mass is 19.4. The molecule has 8 heteroatoms. The molecule has 0 spiro atoms. The first-order chi connectivity index (χ1) is 13.9. The van der Waals surface area contributed by atoms with Gasteiger partial charge in [-0.05, 0) is 61.3 Å².